The van der Waals surface area contributed by atoms with Gasteiger partial charge < -0.3 is 10.1 Å². The summed E-state index contributed by atoms with van der Waals surface area (Å²) in [4.78, 5) is 7.84. The van der Waals surface area contributed by atoms with Gasteiger partial charge in [0.1, 0.15) is 11.6 Å². The summed E-state index contributed by atoms with van der Waals surface area (Å²) in [5, 5.41) is 9.76. The largest absolute Gasteiger partial charge is 0.506 e. The summed E-state index contributed by atoms with van der Waals surface area (Å²) in [5.74, 6) is 0.804. The number of hydrogen-bond acceptors (Lipinski definition) is 2. The molecular weight excluding hydrogens is 328 g/mol. The molecule has 96 valence electrons. The van der Waals surface area contributed by atoms with E-state index in [1.54, 1.807) is 18.2 Å². The first kappa shape index (κ1) is 12.5. The lowest BCUT2D eigenvalue weighted by Gasteiger charge is -1.99. The molecule has 0 amide bonds. The monoisotopic (exact) mass is 336 g/mol. The van der Waals surface area contributed by atoms with E-state index in [9.17, 15) is 5.11 Å². The fourth-order valence-corrected chi connectivity index (χ4v) is 2.79. The first-order valence-corrected chi connectivity index (χ1v) is 6.86. The van der Waals surface area contributed by atoms with Gasteiger partial charge in [0.2, 0.25) is 0 Å². The number of H-pyrrole nitrogens is 1. The summed E-state index contributed by atoms with van der Waals surface area (Å²) in [7, 11) is 0. The van der Waals surface area contributed by atoms with Crippen molar-refractivity contribution in [3.05, 3.63) is 45.4 Å². The Hall–Kier alpha value is -1.52. The summed E-state index contributed by atoms with van der Waals surface area (Å²) in [6.07, 6.45) is 0. The summed E-state index contributed by atoms with van der Waals surface area (Å²) in [6.45, 7) is 2.02. The van der Waals surface area contributed by atoms with E-state index in [1.165, 1.54) is 0 Å². The van der Waals surface area contributed by atoms with E-state index in [2.05, 4.69) is 25.9 Å². The highest BCUT2D eigenvalue weighted by molar-refractivity contribution is 9.10. The number of aromatic hydroxyl groups is 1. The minimum atomic E-state index is 0.0699. The van der Waals surface area contributed by atoms with Crippen LogP contribution < -0.4 is 0 Å². The highest BCUT2D eigenvalue weighted by atomic mass is 79.9. The minimum Gasteiger partial charge on any atom is -0.506 e. The third-order valence-corrected chi connectivity index (χ3v) is 3.72. The average molecular weight is 338 g/mol. The number of nitrogens with one attached hydrogen (secondary N) is 1. The minimum absolute atomic E-state index is 0.0699. The van der Waals surface area contributed by atoms with E-state index in [-0.39, 0.29) is 5.75 Å². The number of benzene rings is 2. The summed E-state index contributed by atoms with van der Waals surface area (Å²) >= 11 is 9.39. The molecule has 0 unspecified atom stereocenters. The second kappa shape index (κ2) is 4.54. The van der Waals surface area contributed by atoms with Crippen LogP contribution in [0.4, 0.5) is 0 Å². The molecule has 0 aliphatic carbocycles. The Balaban J connectivity index is 2.20. The Morgan fingerprint density at radius 1 is 1.26 bits per heavy atom. The predicted octanol–water partition coefficient (Wildman–Crippen LogP) is 4.66. The van der Waals surface area contributed by atoms with E-state index in [4.69, 9.17) is 11.6 Å². The highest BCUT2D eigenvalue weighted by Gasteiger charge is 2.09. The number of halogens is 2. The van der Waals surface area contributed by atoms with Gasteiger partial charge in [-0.1, -0.05) is 27.5 Å². The Bertz CT molecular complexity index is 782. The third-order valence-electron chi connectivity index (χ3n) is 2.96. The number of rotatable bonds is 1. The van der Waals surface area contributed by atoms with Crippen LogP contribution in [-0.2, 0) is 0 Å². The van der Waals surface area contributed by atoms with Gasteiger partial charge in [-0.25, -0.2) is 4.98 Å². The van der Waals surface area contributed by atoms with Crippen LogP contribution in [0.1, 0.15) is 5.56 Å². The normalized spacial score (nSPS) is 11.1. The van der Waals surface area contributed by atoms with Crippen molar-refractivity contribution in [1.29, 1.82) is 0 Å². The number of nitrogens with zero attached hydrogens (tertiary/aromatic N) is 1. The number of fused-ring (bicyclic) bond motifs is 1. The second-order valence-corrected chi connectivity index (χ2v) is 5.69. The lowest BCUT2D eigenvalue weighted by atomic mass is 10.2. The molecule has 0 radical (unpaired) electrons. The topological polar surface area (TPSA) is 48.9 Å². The maximum Gasteiger partial charge on any atom is 0.138 e. The fourth-order valence-electron chi connectivity index (χ4n) is 2.04. The van der Waals surface area contributed by atoms with Gasteiger partial charge in [-0.05, 0) is 42.8 Å². The Morgan fingerprint density at radius 3 is 2.79 bits per heavy atom. The van der Waals surface area contributed by atoms with Crippen molar-refractivity contribution in [2.24, 2.45) is 0 Å². The molecule has 0 bridgehead atoms. The van der Waals surface area contributed by atoms with E-state index in [0.717, 1.165) is 32.5 Å². The van der Waals surface area contributed by atoms with Gasteiger partial charge in [-0.3, -0.25) is 0 Å². The predicted molar refractivity (Wildman–Crippen MR) is 80.6 cm³/mol. The molecule has 3 nitrogen and oxygen atoms in total. The average Bonchev–Trinajstić information content (AvgIpc) is 2.76. The molecule has 3 rings (SSSR count). The molecular formula is C14H10BrClN2O. The zero-order chi connectivity index (χ0) is 13.6. The van der Waals surface area contributed by atoms with Crippen LogP contribution in [0.5, 0.6) is 5.75 Å². The Labute approximate surface area is 123 Å². The van der Waals surface area contributed by atoms with E-state index in [0.29, 0.717) is 5.02 Å². The second-order valence-electron chi connectivity index (χ2n) is 4.37. The lowest BCUT2D eigenvalue weighted by molar-refractivity contribution is 0.475. The van der Waals surface area contributed by atoms with E-state index >= 15 is 0 Å². The molecule has 3 aromatic rings. The zero-order valence-electron chi connectivity index (χ0n) is 10.0. The third kappa shape index (κ3) is 2.22. The molecule has 0 fully saturated rings. The fraction of sp³-hybridized carbons (Fsp3) is 0.0714. The number of aromatic nitrogens is 2. The van der Waals surface area contributed by atoms with Crippen LogP contribution in [0.15, 0.2) is 34.8 Å². The Kier molecular flexibility index (Phi) is 2.99. The van der Waals surface area contributed by atoms with Crippen LogP contribution in [-0.4, -0.2) is 15.1 Å². The first-order chi connectivity index (χ1) is 9.04. The summed E-state index contributed by atoms with van der Waals surface area (Å²) in [6, 6.07) is 9.05. The standard InChI is InChI=1S/C14H10BrClN2O/c1-7-4-9(15)6-11-13(7)18-14(17-11)8-2-3-12(19)10(16)5-8/h2-6,19H,1H3,(H,17,18). The van der Waals surface area contributed by atoms with Crippen molar-refractivity contribution in [3.8, 4) is 17.1 Å². The smallest absolute Gasteiger partial charge is 0.138 e. The highest BCUT2D eigenvalue weighted by Crippen LogP contribution is 2.30. The van der Waals surface area contributed by atoms with Gasteiger partial charge in [0.15, 0.2) is 0 Å². The molecule has 0 saturated carbocycles. The number of hydrogen-bond donors (Lipinski definition) is 2. The molecule has 0 saturated heterocycles. The number of aryl methyl sites for hydroxylation is 1. The maximum absolute atomic E-state index is 9.44. The van der Waals surface area contributed by atoms with Crippen LogP contribution >= 0.6 is 27.5 Å². The SMILES string of the molecule is Cc1cc(Br)cc2[nH]c(-c3ccc(O)c(Cl)c3)nc12. The van der Waals surface area contributed by atoms with E-state index < -0.39 is 0 Å². The summed E-state index contributed by atoms with van der Waals surface area (Å²) in [5.41, 5.74) is 3.83. The van der Waals surface area contributed by atoms with Crippen molar-refractivity contribution in [1.82, 2.24) is 9.97 Å². The van der Waals surface area contributed by atoms with Gasteiger partial charge in [0, 0.05) is 10.0 Å². The molecule has 0 aliphatic heterocycles. The number of phenolic OH excluding ortho intramolecular Hbond substituents is 1. The van der Waals surface area contributed by atoms with Crippen LogP contribution in [0.3, 0.4) is 0 Å². The molecule has 5 heteroatoms. The van der Waals surface area contributed by atoms with Crippen molar-refractivity contribution >= 4 is 38.6 Å². The molecule has 1 heterocycles. The summed E-state index contributed by atoms with van der Waals surface area (Å²) < 4.78 is 1.01. The lowest BCUT2D eigenvalue weighted by Crippen LogP contribution is -1.80. The zero-order valence-corrected chi connectivity index (χ0v) is 12.4. The van der Waals surface area contributed by atoms with Gasteiger partial charge in [0.05, 0.1) is 16.1 Å². The van der Waals surface area contributed by atoms with Crippen LogP contribution in [0.2, 0.25) is 5.02 Å². The molecule has 0 spiro atoms. The van der Waals surface area contributed by atoms with Crippen molar-refractivity contribution in [2.45, 2.75) is 6.92 Å². The molecule has 0 aliphatic rings. The van der Waals surface area contributed by atoms with Gasteiger partial charge in [-0.15, -0.1) is 0 Å². The van der Waals surface area contributed by atoms with Gasteiger partial charge >= 0.3 is 0 Å². The molecule has 2 aromatic carbocycles. The van der Waals surface area contributed by atoms with Gasteiger partial charge in [0.25, 0.3) is 0 Å². The first-order valence-electron chi connectivity index (χ1n) is 5.69. The van der Waals surface area contributed by atoms with Crippen molar-refractivity contribution < 1.29 is 5.11 Å². The van der Waals surface area contributed by atoms with Crippen molar-refractivity contribution in [3.63, 3.8) is 0 Å². The van der Waals surface area contributed by atoms with Gasteiger partial charge in [-0.2, -0.15) is 0 Å². The number of aromatic amines is 1. The number of imidazole rings is 1. The quantitative estimate of drug-likeness (QED) is 0.678. The molecule has 19 heavy (non-hydrogen) atoms. The Morgan fingerprint density at radius 2 is 2.05 bits per heavy atom. The molecule has 2 N–H and O–H groups in total. The number of phenols is 1. The van der Waals surface area contributed by atoms with Crippen LogP contribution in [0.25, 0.3) is 22.4 Å². The molecule has 1 aromatic heterocycles. The molecule has 0 atom stereocenters. The van der Waals surface area contributed by atoms with Crippen molar-refractivity contribution in [2.75, 3.05) is 0 Å². The maximum atomic E-state index is 9.44. The van der Waals surface area contributed by atoms with E-state index in [1.807, 2.05) is 19.1 Å². The van der Waals surface area contributed by atoms with Crippen LogP contribution in [0, 0.1) is 6.92 Å².